The number of nitrogens with one attached hydrogen (secondary N) is 1. The maximum absolute atomic E-state index is 13.5. The second-order valence-corrected chi connectivity index (χ2v) is 8.01. The zero-order chi connectivity index (χ0) is 19.6. The van der Waals surface area contributed by atoms with E-state index in [9.17, 15) is 9.59 Å². The van der Waals surface area contributed by atoms with Crippen molar-refractivity contribution < 1.29 is 4.79 Å². The fourth-order valence-corrected chi connectivity index (χ4v) is 4.80. The number of aromatic nitrogens is 2. The lowest BCUT2D eigenvalue weighted by molar-refractivity contribution is -0.147. The minimum absolute atomic E-state index is 0.129. The molecule has 0 saturated carbocycles. The number of piperidine rings is 1. The van der Waals surface area contributed by atoms with Gasteiger partial charge in [-0.15, -0.1) is 0 Å². The van der Waals surface area contributed by atoms with Crippen LogP contribution in [0.5, 0.6) is 0 Å². The molecule has 2 aromatic rings. The first-order chi connectivity index (χ1) is 13.6. The number of hydrogen-bond acceptors (Lipinski definition) is 4. The molecule has 0 radical (unpaired) electrons. The van der Waals surface area contributed by atoms with E-state index in [1.165, 1.54) is 5.56 Å². The summed E-state index contributed by atoms with van der Waals surface area (Å²) in [6.07, 6.45) is 4.72. The lowest BCUT2D eigenvalue weighted by atomic mass is 9.85. The molecule has 1 unspecified atom stereocenters. The highest BCUT2D eigenvalue weighted by Crippen LogP contribution is 2.39. The summed E-state index contributed by atoms with van der Waals surface area (Å²) in [5.74, 6) is 0.879. The Bertz CT molecular complexity index is 895. The number of benzene rings is 1. The highest BCUT2D eigenvalue weighted by Gasteiger charge is 2.50. The van der Waals surface area contributed by atoms with Gasteiger partial charge in [0.05, 0.1) is 5.69 Å². The predicted molar refractivity (Wildman–Crippen MR) is 108 cm³/mol. The van der Waals surface area contributed by atoms with Crippen molar-refractivity contribution in [3.63, 3.8) is 0 Å². The molecule has 1 N–H and O–H groups in total. The first-order valence-corrected chi connectivity index (χ1v) is 10.2. The molecule has 2 fully saturated rings. The van der Waals surface area contributed by atoms with Crippen LogP contribution in [0.4, 0.5) is 0 Å². The highest BCUT2D eigenvalue weighted by atomic mass is 16.2. The van der Waals surface area contributed by atoms with Crippen LogP contribution >= 0.6 is 0 Å². The number of H-pyrrole nitrogens is 1. The van der Waals surface area contributed by atoms with Crippen LogP contribution in [-0.4, -0.2) is 50.8 Å². The maximum Gasteiger partial charge on any atom is 0.251 e. The molecule has 1 amide bonds. The predicted octanol–water partition coefficient (Wildman–Crippen LogP) is 2.28. The molecule has 0 aliphatic carbocycles. The number of aromatic amines is 1. The Hall–Kier alpha value is -2.47. The van der Waals surface area contributed by atoms with Crippen LogP contribution in [0.2, 0.25) is 0 Å². The Labute approximate surface area is 165 Å². The van der Waals surface area contributed by atoms with Crippen LogP contribution in [0, 0.1) is 6.92 Å². The minimum atomic E-state index is -0.423. The van der Waals surface area contributed by atoms with Gasteiger partial charge in [-0.1, -0.05) is 30.3 Å². The Kier molecular flexibility index (Phi) is 5.31. The van der Waals surface area contributed by atoms with Crippen molar-refractivity contribution in [2.75, 3.05) is 19.6 Å². The van der Waals surface area contributed by atoms with Gasteiger partial charge in [0.25, 0.3) is 5.56 Å². The molecule has 2 aliphatic heterocycles. The summed E-state index contributed by atoms with van der Waals surface area (Å²) >= 11 is 0. The number of carbonyl (C=O) groups is 1. The molecule has 1 aromatic heterocycles. The third-order valence-corrected chi connectivity index (χ3v) is 6.11. The molecule has 6 heteroatoms. The summed E-state index contributed by atoms with van der Waals surface area (Å²) in [6.45, 7) is 4.83. The Morgan fingerprint density at radius 1 is 1.11 bits per heavy atom. The quantitative estimate of drug-likeness (QED) is 0.864. The summed E-state index contributed by atoms with van der Waals surface area (Å²) in [5, 5.41) is 0. The van der Waals surface area contributed by atoms with E-state index in [0.717, 1.165) is 57.4 Å². The van der Waals surface area contributed by atoms with Crippen molar-refractivity contribution in [2.24, 2.45) is 0 Å². The van der Waals surface area contributed by atoms with Gasteiger partial charge in [-0.05, 0) is 51.1 Å². The fraction of sp³-hybridized carbons (Fsp3) is 0.500. The molecule has 0 bridgehead atoms. The van der Waals surface area contributed by atoms with Gasteiger partial charge < -0.3 is 9.88 Å². The zero-order valence-corrected chi connectivity index (χ0v) is 16.5. The van der Waals surface area contributed by atoms with E-state index in [1.807, 2.05) is 23.1 Å². The van der Waals surface area contributed by atoms with Gasteiger partial charge >= 0.3 is 0 Å². The second-order valence-electron chi connectivity index (χ2n) is 8.01. The smallest absolute Gasteiger partial charge is 0.251 e. The van der Waals surface area contributed by atoms with Crippen LogP contribution < -0.4 is 5.56 Å². The minimum Gasteiger partial charge on any atom is -0.341 e. The molecule has 6 nitrogen and oxygen atoms in total. The fourth-order valence-electron chi connectivity index (χ4n) is 4.80. The summed E-state index contributed by atoms with van der Waals surface area (Å²) in [4.78, 5) is 36.8. The average Bonchev–Trinajstić information content (AvgIpc) is 3.06. The maximum atomic E-state index is 13.5. The second kappa shape index (κ2) is 7.87. The van der Waals surface area contributed by atoms with E-state index in [2.05, 4.69) is 27.0 Å². The number of likely N-dealkylation sites (tertiary alicyclic amines) is 2. The third-order valence-electron chi connectivity index (χ3n) is 6.11. The first kappa shape index (κ1) is 18.9. The van der Waals surface area contributed by atoms with Crippen molar-refractivity contribution in [1.29, 1.82) is 0 Å². The third kappa shape index (κ3) is 3.74. The molecule has 3 heterocycles. The van der Waals surface area contributed by atoms with Crippen LogP contribution in [-0.2, 0) is 17.8 Å². The van der Waals surface area contributed by atoms with Gasteiger partial charge in [-0.3, -0.25) is 14.5 Å². The monoisotopic (exact) mass is 380 g/mol. The van der Waals surface area contributed by atoms with E-state index in [1.54, 1.807) is 13.0 Å². The van der Waals surface area contributed by atoms with Gasteiger partial charge in [0.2, 0.25) is 5.91 Å². The standard InChI is InChI=1S/C22H28N4O2/c1-17-23-19(15-20(27)24-17)16-26-13-6-11-22(26)10-5-12-25(21(22)28)14-9-18-7-3-2-4-8-18/h2-4,7-8,15H,5-6,9-14,16H2,1H3,(H,23,24,27). The van der Waals surface area contributed by atoms with E-state index >= 15 is 0 Å². The first-order valence-electron chi connectivity index (χ1n) is 10.2. The lowest BCUT2D eigenvalue weighted by Gasteiger charge is -2.44. The Balaban J connectivity index is 1.49. The molecule has 1 atom stereocenters. The molecule has 28 heavy (non-hydrogen) atoms. The SMILES string of the molecule is Cc1nc(CN2CCCC23CCCN(CCc2ccccc2)C3=O)cc(=O)[nH]1. The van der Waals surface area contributed by atoms with Crippen LogP contribution in [0.1, 0.15) is 42.8 Å². The van der Waals surface area contributed by atoms with Gasteiger partial charge in [-0.25, -0.2) is 4.98 Å². The molecule has 1 spiro atoms. The summed E-state index contributed by atoms with van der Waals surface area (Å²) in [7, 11) is 0. The topological polar surface area (TPSA) is 69.3 Å². The Morgan fingerprint density at radius 2 is 1.86 bits per heavy atom. The molecule has 2 saturated heterocycles. The van der Waals surface area contributed by atoms with Crippen LogP contribution in [0.25, 0.3) is 0 Å². The van der Waals surface area contributed by atoms with Crippen LogP contribution in [0.15, 0.2) is 41.2 Å². The molecule has 148 valence electrons. The van der Waals surface area contributed by atoms with Gasteiger partial charge in [0.15, 0.2) is 0 Å². The summed E-state index contributed by atoms with van der Waals surface area (Å²) in [6, 6.07) is 11.9. The average molecular weight is 380 g/mol. The number of nitrogens with zero attached hydrogens (tertiary/aromatic N) is 3. The molecular weight excluding hydrogens is 352 g/mol. The van der Waals surface area contributed by atoms with E-state index in [-0.39, 0.29) is 11.5 Å². The number of hydrogen-bond donors (Lipinski definition) is 1. The molecule has 2 aliphatic rings. The molecular formula is C22H28N4O2. The number of carbonyl (C=O) groups excluding carboxylic acids is 1. The lowest BCUT2D eigenvalue weighted by Crippen LogP contribution is -2.60. The van der Waals surface area contributed by atoms with Gasteiger partial charge in [0, 0.05) is 25.7 Å². The molecule has 4 rings (SSSR count). The summed E-state index contributed by atoms with van der Waals surface area (Å²) in [5.41, 5.74) is 1.46. The van der Waals surface area contributed by atoms with Gasteiger partial charge in [0.1, 0.15) is 11.4 Å². The zero-order valence-electron chi connectivity index (χ0n) is 16.5. The number of aryl methyl sites for hydroxylation is 1. The van der Waals surface area contributed by atoms with Crippen molar-refractivity contribution in [2.45, 2.75) is 51.1 Å². The van der Waals surface area contributed by atoms with E-state index in [4.69, 9.17) is 0 Å². The normalized spacial score (nSPS) is 22.9. The van der Waals surface area contributed by atoms with E-state index < -0.39 is 5.54 Å². The van der Waals surface area contributed by atoms with Crippen molar-refractivity contribution >= 4 is 5.91 Å². The van der Waals surface area contributed by atoms with Crippen LogP contribution in [0.3, 0.4) is 0 Å². The van der Waals surface area contributed by atoms with Gasteiger partial charge in [-0.2, -0.15) is 0 Å². The van der Waals surface area contributed by atoms with Crippen molar-refractivity contribution in [3.05, 3.63) is 63.8 Å². The highest BCUT2D eigenvalue weighted by molar-refractivity contribution is 5.87. The van der Waals surface area contributed by atoms with E-state index in [0.29, 0.717) is 12.4 Å². The molecule has 1 aromatic carbocycles. The number of rotatable bonds is 5. The van der Waals surface area contributed by atoms with Crippen molar-refractivity contribution in [1.82, 2.24) is 19.8 Å². The largest absolute Gasteiger partial charge is 0.341 e. The summed E-state index contributed by atoms with van der Waals surface area (Å²) < 4.78 is 0. The Morgan fingerprint density at radius 3 is 2.61 bits per heavy atom. The van der Waals surface area contributed by atoms with Crippen molar-refractivity contribution in [3.8, 4) is 0 Å². The number of amides is 1.